The van der Waals surface area contributed by atoms with Crippen LogP contribution >= 0.6 is 0 Å². The van der Waals surface area contributed by atoms with Gasteiger partial charge in [0.1, 0.15) is 0 Å². The summed E-state index contributed by atoms with van der Waals surface area (Å²) < 4.78 is 0. The van der Waals surface area contributed by atoms with Crippen molar-refractivity contribution in [3.63, 3.8) is 0 Å². The summed E-state index contributed by atoms with van der Waals surface area (Å²) >= 11 is 0. The van der Waals surface area contributed by atoms with Crippen LogP contribution in [0.1, 0.15) is 107 Å². The highest BCUT2D eigenvalue weighted by Gasteiger charge is 2.51. The van der Waals surface area contributed by atoms with Crippen LogP contribution in [0.4, 0.5) is 0 Å². The van der Waals surface area contributed by atoms with E-state index in [-0.39, 0.29) is 0 Å². The third kappa shape index (κ3) is 3.52. The predicted octanol–water partition coefficient (Wildman–Crippen LogP) is 7.72. The molecule has 2 aliphatic carbocycles. The van der Waals surface area contributed by atoms with Crippen molar-refractivity contribution in [3.05, 3.63) is 0 Å². The van der Waals surface area contributed by atoms with Crippen LogP contribution in [0.15, 0.2) is 0 Å². The van der Waals surface area contributed by atoms with Gasteiger partial charge in [-0.25, -0.2) is 0 Å². The third-order valence-corrected chi connectivity index (χ3v) is 8.44. The minimum Gasteiger partial charge on any atom is -0.0651 e. The van der Waals surface area contributed by atoms with Gasteiger partial charge in [-0.3, -0.25) is 0 Å². The first-order valence-electron chi connectivity index (χ1n) is 10.6. The average Bonchev–Trinajstić information content (AvgIpc) is 2.44. The van der Waals surface area contributed by atoms with Gasteiger partial charge in [0.15, 0.2) is 0 Å². The molecule has 0 nitrogen and oxygen atoms in total. The number of hydrogen-bond donors (Lipinski definition) is 0. The van der Waals surface area contributed by atoms with Gasteiger partial charge >= 0.3 is 0 Å². The fourth-order valence-corrected chi connectivity index (χ4v) is 7.15. The quantitative estimate of drug-likeness (QED) is 0.497. The van der Waals surface area contributed by atoms with E-state index in [2.05, 4.69) is 55.4 Å². The lowest BCUT2D eigenvalue weighted by atomic mass is 9.48. The zero-order valence-corrected chi connectivity index (χ0v) is 17.5. The topological polar surface area (TPSA) is 0 Å². The maximum Gasteiger partial charge on any atom is -0.0292 e. The van der Waals surface area contributed by atoms with Crippen LogP contribution in [0.5, 0.6) is 0 Å². The molecule has 0 saturated heterocycles. The Morgan fingerprint density at radius 3 is 1.39 bits per heavy atom. The molecule has 0 heterocycles. The highest BCUT2D eigenvalue weighted by molar-refractivity contribution is 5.00. The molecule has 0 amide bonds. The van der Waals surface area contributed by atoms with Crippen molar-refractivity contribution < 1.29 is 0 Å². The van der Waals surface area contributed by atoms with Gasteiger partial charge in [0, 0.05) is 0 Å². The highest BCUT2D eigenvalue weighted by atomic mass is 14.6. The first-order valence-corrected chi connectivity index (χ1v) is 10.6. The van der Waals surface area contributed by atoms with E-state index in [0.717, 1.165) is 23.7 Å². The molecular weight excluding hydrogens is 276 g/mol. The molecule has 2 saturated carbocycles. The molecule has 4 unspecified atom stereocenters. The summed E-state index contributed by atoms with van der Waals surface area (Å²) in [6.45, 7) is 20.4. The summed E-state index contributed by atoms with van der Waals surface area (Å²) in [5, 5.41) is 0. The number of rotatable bonds is 4. The Balaban J connectivity index is 2.31. The van der Waals surface area contributed by atoms with Gasteiger partial charge in [-0.2, -0.15) is 0 Å². The fraction of sp³-hybridized carbons (Fsp3) is 1.00. The molecule has 0 aromatic rings. The molecule has 0 spiro atoms. The standard InChI is InChI=1S/C23H44/c1-9-17-19(13-11-15-21(17,3)4)23(7,8)20-14-12-16-22(5,6)18(20)10-2/h17-20H,9-16H2,1-8H3. The molecule has 136 valence electrons. The van der Waals surface area contributed by atoms with Crippen LogP contribution in [-0.4, -0.2) is 0 Å². The van der Waals surface area contributed by atoms with Crippen LogP contribution in [-0.2, 0) is 0 Å². The van der Waals surface area contributed by atoms with Gasteiger partial charge in [0.2, 0.25) is 0 Å². The van der Waals surface area contributed by atoms with Gasteiger partial charge < -0.3 is 0 Å². The molecule has 0 heteroatoms. The van der Waals surface area contributed by atoms with Crippen molar-refractivity contribution >= 4 is 0 Å². The summed E-state index contributed by atoms with van der Waals surface area (Å²) in [5.74, 6) is 3.66. The van der Waals surface area contributed by atoms with Gasteiger partial charge in [0.25, 0.3) is 0 Å². The molecule has 2 rings (SSSR count). The third-order valence-electron chi connectivity index (χ3n) is 8.44. The van der Waals surface area contributed by atoms with E-state index in [1.165, 1.54) is 51.4 Å². The number of hydrogen-bond acceptors (Lipinski definition) is 0. The Labute approximate surface area is 147 Å². The fourth-order valence-electron chi connectivity index (χ4n) is 7.15. The van der Waals surface area contributed by atoms with Crippen molar-refractivity contribution in [1.29, 1.82) is 0 Å². The summed E-state index contributed by atoms with van der Waals surface area (Å²) in [4.78, 5) is 0. The van der Waals surface area contributed by atoms with Crippen molar-refractivity contribution in [2.75, 3.05) is 0 Å². The molecule has 0 radical (unpaired) electrons. The largest absolute Gasteiger partial charge is 0.0651 e. The molecule has 4 atom stereocenters. The van der Waals surface area contributed by atoms with Gasteiger partial charge in [-0.15, -0.1) is 0 Å². The predicted molar refractivity (Wildman–Crippen MR) is 104 cm³/mol. The molecule has 2 fully saturated rings. The van der Waals surface area contributed by atoms with Crippen molar-refractivity contribution in [3.8, 4) is 0 Å². The van der Waals surface area contributed by atoms with E-state index in [9.17, 15) is 0 Å². The summed E-state index contributed by atoms with van der Waals surface area (Å²) in [7, 11) is 0. The van der Waals surface area contributed by atoms with Gasteiger partial charge in [-0.1, -0.05) is 81.1 Å². The van der Waals surface area contributed by atoms with E-state index < -0.39 is 0 Å². The van der Waals surface area contributed by atoms with Crippen LogP contribution in [0.2, 0.25) is 0 Å². The Morgan fingerprint density at radius 2 is 1.09 bits per heavy atom. The minimum absolute atomic E-state index is 0.497. The Hall–Kier alpha value is 0. The molecule has 0 aromatic heterocycles. The van der Waals surface area contributed by atoms with Crippen molar-refractivity contribution in [2.24, 2.45) is 39.9 Å². The monoisotopic (exact) mass is 320 g/mol. The first-order chi connectivity index (χ1) is 10.6. The maximum atomic E-state index is 2.65. The normalized spacial score (nSPS) is 37.6. The van der Waals surface area contributed by atoms with E-state index >= 15 is 0 Å². The van der Waals surface area contributed by atoms with E-state index in [4.69, 9.17) is 0 Å². The van der Waals surface area contributed by atoms with Crippen LogP contribution in [0, 0.1) is 39.9 Å². The summed E-state index contributed by atoms with van der Waals surface area (Å²) in [6.07, 6.45) is 11.5. The van der Waals surface area contributed by atoms with Crippen molar-refractivity contribution in [2.45, 2.75) is 107 Å². The summed E-state index contributed by atoms with van der Waals surface area (Å²) in [6, 6.07) is 0. The summed E-state index contributed by atoms with van der Waals surface area (Å²) in [5.41, 5.74) is 1.58. The van der Waals surface area contributed by atoms with Crippen LogP contribution in [0.3, 0.4) is 0 Å². The molecule has 2 aliphatic rings. The first kappa shape index (κ1) is 19.3. The van der Waals surface area contributed by atoms with E-state index in [1.54, 1.807) is 0 Å². The van der Waals surface area contributed by atoms with E-state index in [0.29, 0.717) is 16.2 Å². The lowest BCUT2D eigenvalue weighted by molar-refractivity contribution is -0.0801. The highest BCUT2D eigenvalue weighted by Crippen LogP contribution is 2.59. The zero-order chi connectivity index (χ0) is 17.5. The lowest BCUT2D eigenvalue weighted by Gasteiger charge is -2.57. The average molecular weight is 321 g/mol. The van der Waals surface area contributed by atoms with Gasteiger partial charge in [-0.05, 0) is 65.6 Å². The molecule has 0 bridgehead atoms. The maximum absolute atomic E-state index is 2.65. The molecular formula is C23H44. The Morgan fingerprint density at radius 1 is 0.739 bits per heavy atom. The Bertz CT molecular complexity index is 351. The van der Waals surface area contributed by atoms with E-state index in [1.807, 2.05) is 0 Å². The Kier molecular flexibility index (Phi) is 5.65. The van der Waals surface area contributed by atoms with Crippen LogP contribution in [0.25, 0.3) is 0 Å². The molecule has 0 aromatic carbocycles. The zero-order valence-electron chi connectivity index (χ0n) is 17.5. The van der Waals surface area contributed by atoms with Gasteiger partial charge in [0.05, 0.1) is 0 Å². The lowest BCUT2D eigenvalue weighted by Crippen LogP contribution is -2.49. The molecule has 0 aliphatic heterocycles. The van der Waals surface area contributed by atoms with Crippen molar-refractivity contribution in [1.82, 2.24) is 0 Å². The second-order valence-corrected chi connectivity index (χ2v) is 10.8. The molecule has 23 heavy (non-hydrogen) atoms. The second-order valence-electron chi connectivity index (χ2n) is 10.8. The smallest absolute Gasteiger partial charge is 0.0292 e. The van der Waals surface area contributed by atoms with Crippen LogP contribution < -0.4 is 0 Å². The second kappa shape index (κ2) is 6.72. The SMILES string of the molecule is CCC1C(C(C)(C)C2CCCC(C)(C)C2CC)CCCC1(C)C. The molecule has 0 N–H and O–H groups in total. The minimum atomic E-state index is 0.497.